The van der Waals surface area contributed by atoms with Crippen LogP contribution in [0.1, 0.15) is 0 Å². The van der Waals surface area contributed by atoms with Gasteiger partial charge in [0.15, 0.2) is 0 Å². The molecule has 0 aliphatic carbocycles. The fourth-order valence-electron chi connectivity index (χ4n) is 4.56. The quantitative estimate of drug-likeness (QED) is 0.233. The van der Waals surface area contributed by atoms with Gasteiger partial charge in [-0.15, -0.1) is 0 Å². The fourth-order valence-corrected chi connectivity index (χ4v) is 4.78. The lowest BCUT2D eigenvalue weighted by atomic mass is 10.1. The first-order valence-corrected chi connectivity index (χ1v) is 12.2. The molecule has 174 valence electrons. The Labute approximate surface area is 215 Å². The van der Waals surface area contributed by atoms with E-state index in [0.717, 1.165) is 45.1 Å². The van der Waals surface area contributed by atoms with Gasteiger partial charge < -0.3 is 14.2 Å². The molecule has 0 spiro atoms. The van der Waals surface area contributed by atoms with Crippen molar-refractivity contribution in [2.45, 2.75) is 0 Å². The monoisotopic (exact) mass is 486 g/mol. The molecule has 0 radical (unpaired) electrons. The van der Waals surface area contributed by atoms with Crippen molar-refractivity contribution < 1.29 is 4.42 Å². The summed E-state index contributed by atoms with van der Waals surface area (Å²) in [5.74, 6) is 0. The van der Waals surface area contributed by atoms with Crippen molar-refractivity contribution in [3.63, 3.8) is 0 Å². The van der Waals surface area contributed by atoms with Gasteiger partial charge >= 0.3 is 0 Å². The third kappa shape index (κ3) is 4.21. The third-order valence-electron chi connectivity index (χ3n) is 6.13. The maximum Gasteiger partial charge on any atom is 0.136 e. The number of benzene rings is 5. The summed E-state index contributed by atoms with van der Waals surface area (Å²) >= 11 is 6.80. The van der Waals surface area contributed by atoms with Crippen molar-refractivity contribution in [3.8, 4) is 0 Å². The Morgan fingerprint density at radius 1 is 0.472 bits per heavy atom. The second kappa shape index (κ2) is 9.65. The lowest BCUT2D eigenvalue weighted by Crippen LogP contribution is -2.13. The third-order valence-corrected chi connectivity index (χ3v) is 6.35. The first kappa shape index (κ1) is 22.0. The van der Waals surface area contributed by atoms with Crippen LogP contribution in [0.25, 0.3) is 11.0 Å². The van der Waals surface area contributed by atoms with Gasteiger partial charge in [0.25, 0.3) is 0 Å². The van der Waals surface area contributed by atoms with Crippen LogP contribution < -0.4 is 9.80 Å². The van der Waals surface area contributed by atoms with Crippen molar-refractivity contribution in [1.29, 1.82) is 0 Å². The largest absolute Gasteiger partial charge is 0.462 e. The van der Waals surface area contributed by atoms with Crippen molar-refractivity contribution in [2.24, 2.45) is 0 Å². The minimum absolute atomic E-state index is 0.646. The molecular formula is C32H23ClN2O. The van der Waals surface area contributed by atoms with Crippen LogP contribution in [0.2, 0.25) is 5.02 Å². The Kier molecular flexibility index (Phi) is 5.90. The topological polar surface area (TPSA) is 19.6 Å². The highest BCUT2D eigenvalue weighted by Crippen LogP contribution is 2.44. The Morgan fingerprint density at radius 2 is 0.944 bits per heavy atom. The standard InChI is InChI=1S/C32H23ClN2O/c33-24-20-28(34(25-12-4-1-5-13-25)26-14-6-2-7-15-26)22-29(21-24)35(27-16-8-3-9-17-27)31-23-36-32-19-11-10-18-30(31)32/h1-23H. The minimum Gasteiger partial charge on any atom is -0.462 e. The predicted octanol–water partition coefficient (Wildman–Crippen LogP) is 10.0. The van der Waals surface area contributed by atoms with Crippen molar-refractivity contribution in [1.82, 2.24) is 0 Å². The van der Waals surface area contributed by atoms with E-state index < -0.39 is 0 Å². The summed E-state index contributed by atoms with van der Waals surface area (Å²) in [6, 6.07) is 45.2. The molecule has 36 heavy (non-hydrogen) atoms. The molecule has 0 amide bonds. The number of halogens is 1. The van der Waals surface area contributed by atoms with Crippen molar-refractivity contribution >= 4 is 56.7 Å². The Bertz CT molecular complexity index is 1560. The molecular weight excluding hydrogens is 464 g/mol. The number of rotatable bonds is 6. The molecule has 0 saturated heterocycles. The van der Waals surface area contributed by atoms with Gasteiger partial charge in [-0.3, -0.25) is 0 Å². The van der Waals surface area contributed by atoms with E-state index in [4.69, 9.17) is 16.0 Å². The van der Waals surface area contributed by atoms with Gasteiger partial charge in [0.05, 0.1) is 5.69 Å². The van der Waals surface area contributed by atoms with Crippen LogP contribution in [0.15, 0.2) is 144 Å². The highest BCUT2D eigenvalue weighted by Gasteiger charge is 2.20. The molecule has 0 aliphatic heterocycles. The van der Waals surface area contributed by atoms with Gasteiger partial charge in [0.1, 0.15) is 11.8 Å². The molecule has 0 bridgehead atoms. The van der Waals surface area contributed by atoms with Crippen LogP contribution in [0, 0.1) is 0 Å². The average Bonchev–Trinajstić information content (AvgIpc) is 3.34. The lowest BCUT2D eigenvalue weighted by Gasteiger charge is -2.29. The minimum atomic E-state index is 0.646. The smallest absolute Gasteiger partial charge is 0.136 e. The Morgan fingerprint density at radius 3 is 1.53 bits per heavy atom. The van der Waals surface area contributed by atoms with Crippen LogP contribution in [0.5, 0.6) is 0 Å². The van der Waals surface area contributed by atoms with Crippen molar-refractivity contribution in [3.05, 3.63) is 145 Å². The van der Waals surface area contributed by atoms with E-state index in [2.05, 4.69) is 58.3 Å². The maximum absolute atomic E-state index is 6.80. The summed E-state index contributed by atoms with van der Waals surface area (Å²) in [7, 11) is 0. The van der Waals surface area contributed by atoms with Crippen LogP contribution in [0.4, 0.5) is 34.1 Å². The number of hydrogen-bond acceptors (Lipinski definition) is 3. The molecule has 0 aliphatic rings. The van der Waals surface area contributed by atoms with E-state index in [-0.39, 0.29) is 0 Å². The van der Waals surface area contributed by atoms with Gasteiger partial charge in [-0.25, -0.2) is 0 Å². The average molecular weight is 487 g/mol. The molecule has 0 unspecified atom stereocenters. The zero-order valence-corrected chi connectivity index (χ0v) is 20.2. The highest BCUT2D eigenvalue weighted by molar-refractivity contribution is 6.31. The number of para-hydroxylation sites is 4. The molecule has 0 fully saturated rings. The molecule has 0 saturated carbocycles. The number of furan rings is 1. The normalized spacial score (nSPS) is 10.9. The van der Waals surface area contributed by atoms with Gasteiger partial charge in [0, 0.05) is 38.8 Å². The van der Waals surface area contributed by atoms with Gasteiger partial charge in [0.2, 0.25) is 0 Å². The number of fused-ring (bicyclic) bond motifs is 1. The maximum atomic E-state index is 6.80. The van der Waals surface area contributed by atoms with E-state index in [1.165, 1.54) is 0 Å². The molecule has 4 heteroatoms. The van der Waals surface area contributed by atoms with E-state index >= 15 is 0 Å². The summed E-state index contributed by atoms with van der Waals surface area (Å²) in [6.45, 7) is 0. The van der Waals surface area contributed by atoms with E-state index in [9.17, 15) is 0 Å². The van der Waals surface area contributed by atoms with Gasteiger partial charge in [-0.2, -0.15) is 0 Å². The molecule has 1 aromatic heterocycles. The molecule has 1 heterocycles. The first-order valence-electron chi connectivity index (χ1n) is 11.8. The number of anilines is 6. The molecule has 3 nitrogen and oxygen atoms in total. The zero-order valence-electron chi connectivity index (χ0n) is 19.5. The van der Waals surface area contributed by atoms with Crippen molar-refractivity contribution in [2.75, 3.05) is 9.80 Å². The molecule has 0 atom stereocenters. The van der Waals surface area contributed by atoms with E-state index in [0.29, 0.717) is 5.02 Å². The lowest BCUT2D eigenvalue weighted by molar-refractivity contribution is 0.616. The summed E-state index contributed by atoms with van der Waals surface area (Å²) < 4.78 is 5.93. The van der Waals surface area contributed by atoms with Crippen LogP contribution in [-0.4, -0.2) is 0 Å². The van der Waals surface area contributed by atoms with Crippen LogP contribution >= 0.6 is 11.6 Å². The molecule has 0 N–H and O–H groups in total. The Hall–Kier alpha value is -4.47. The van der Waals surface area contributed by atoms with Gasteiger partial charge in [-0.05, 0) is 66.7 Å². The first-order chi connectivity index (χ1) is 17.8. The summed E-state index contributed by atoms with van der Waals surface area (Å²) in [5.41, 5.74) is 6.81. The highest BCUT2D eigenvalue weighted by atomic mass is 35.5. The summed E-state index contributed by atoms with van der Waals surface area (Å²) in [6.07, 6.45) is 1.81. The Balaban J connectivity index is 1.56. The zero-order chi connectivity index (χ0) is 24.3. The second-order valence-corrected chi connectivity index (χ2v) is 8.90. The molecule has 6 rings (SSSR count). The van der Waals surface area contributed by atoms with Gasteiger partial charge in [-0.1, -0.05) is 78.3 Å². The summed E-state index contributed by atoms with van der Waals surface area (Å²) in [5, 5.41) is 1.68. The number of hydrogen-bond donors (Lipinski definition) is 0. The second-order valence-electron chi connectivity index (χ2n) is 8.46. The molecule has 5 aromatic carbocycles. The predicted molar refractivity (Wildman–Crippen MR) is 151 cm³/mol. The SMILES string of the molecule is Clc1cc(N(c2ccccc2)c2ccccc2)cc(N(c2ccccc2)c2coc3ccccc23)c1. The summed E-state index contributed by atoms with van der Waals surface area (Å²) in [4.78, 5) is 4.40. The van der Waals surface area contributed by atoms with E-state index in [1.807, 2.05) is 91.2 Å². The fraction of sp³-hybridized carbons (Fsp3) is 0. The van der Waals surface area contributed by atoms with Crippen LogP contribution in [-0.2, 0) is 0 Å². The van der Waals surface area contributed by atoms with E-state index in [1.54, 1.807) is 0 Å². The number of nitrogens with zero attached hydrogens (tertiary/aromatic N) is 2. The van der Waals surface area contributed by atoms with Crippen LogP contribution in [0.3, 0.4) is 0 Å². The molecule has 6 aromatic rings.